The number of hydrogen-bond acceptors (Lipinski definition) is 3. The smallest absolute Gasteiger partial charge is 0.381 e. The van der Waals surface area contributed by atoms with Crippen molar-refractivity contribution in [2.24, 2.45) is 7.05 Å². The van der Waals surface area contributed by atoms with Crippen LogP contribution in [0.5, 0.6) is 0 Å². The van der Waals surface area contributed by atoms with Gasteiger partial charge in [-0.1, -0.05) is 0 Å². The number of aromatic nitrogens is 3. The third kappa shape index (κ3) is 4.27. The molecule has 184 valence electrons. The van der Waals surface area contributed by atoms with Gasteiger partial charge in [0.15, 0.2) is 5.65 Å². The first-order chi connectivity index (χ1) is 16.7. The van der Waals surface area contributed by atoms with Gasteiger partial charge in [-0.3, -0.25) is 18.4 Å². The van der Waals surface area contributed by atoms with Crippen molar-refractivity contribution in [1.82, 2.24) is 19.7 Å². The van der Waals surface area contributed by atoms with Gasteiger partial charge in [0.05, 0.1) is 17.8 Å². The van der Waals surface area contributed by atoms with Crippen LogP contribution in [0.2, 0.25) is 0 Å². The van der Waals surface area contributed by atoms with E-state index < -0.39 is 24.0 Å². The summed E-state index contributed by atoms with van der Waals surface area (Å²) in [5.41, 5.74) is 0.844. The summed E-state index contributed by atoms with van der Waals surface area (Å²) in [6, 6.07) is 10.1. The van der Waals surface area contributed by atoms with E-state index in [9.17, 15) is 22.4 Å². The molecule has 10 heteroatoms. The zero-order chi connectivity index (χ0) is 24.8. The molecule has 0 atom stereocenters. The second-order valence-electron chi connectivity index (χ2n) is 8.94. The number of carbonyl (C=O) groups is 1. The average Bonchev–Trinajstić information content (AvgIpc) is 3.33. The summed E-state index contributed by atoms with van der Waals surface area (Å²) < 4.78 is 61.2. The number of halogens is 4. The zero-order valence-corrected chi connectivity index (χ0v) is 19.0. The third-order valence-corrected chi connectivity index (χ3v) is 6.67. The molecule has 2 aromatic carbocycles. The highest BCUT2D eigenvalue weighted by Gasteiger charge is 2.34. The predicted octanol–water partition coefficient (Wildman–Crippen LogP) is 5.17. The van der Waals surface area contributed by atoms with E-state index in [4.69, 9.17) is 4.74 Å². The standard InChI is InChI=1S/C25H24F4N4O2/c1-32-15-20-19-14-16(23(34)30-24(8-11-26)9-12-35-13-10-24)2-7-21(19)33(22(20)31-32)18-5-3-17(4-6-18)25(27,28)29/h2-7,14-15H,8-13H2,1H3,(H,30,34). The molecule has 6 nitrogen and oxygen atoms in total. The van der Waals surface area contributed by atoms with Crippen molar-refractivity contribution in [3.63, 3.8) is 0 Å². The van der Waals surface area contributed by atoms with Crippen LogP contribution in [0.3, 0.4) is 0 Å². The van der Waals surface area contributed by atoms with E-state index in [-0.39, 0.29) is 12.3 Å². The highest BCUT2D eigenvalue weighted by molar-refractivity contribution is 6.10. The van der Waals surface area contributed by atoms with E-state index in [2.05, 4.69) is 10.4 Å². The number of hydrogen-bond donors (Lipinski definition) is 1. The molecular weight excluding hydrogens is 464 g/mol. The fourth-order valence-corrected chi connectivity index (χ4v) is 4.79. The van der Waals surface area contributed by atoms with Crippen LogP contribution in [0.15, 0.2) is 48.7 Å². The minimum Gasteiger partial charge on any atom is -0.381 e. The van der Waals surface area contributed by atoms with Gasteiger partial charge in [0, 0.05) is 54.0 Å². The van der Waals surface area contributed by atoms with Crippen LogP contribution in [0.4, 0.5) is 17.6 Å². The van der Waals surface area contributed by atoms with Crippen LogP contribution in [0, 0.1) is 0 Å². The lowest BCUT2D eigenvalue weighted by Gasteiger charge is -2.37. The van der Waals surface area contributed by atoms with Crippen molar-refractivity contribution < 1.29 is 27.1 Å². The summed E-state index contributed by atoms with van der Waals surface area (Å²) in [6.45, 7) is 0.392. The number of fused-ring (bicyclic) bond motifs is 3. The molecule has 0 aliphatic carbocycles. The number of nitrogens with zero attached hydrogens (tertiary/aromatic N) is 3. The Morgan fingerprint density at radius 2 is 1.83 bits per heavy atom. The van der Waals surface area contributed by atoms with Gasteiger partial charge in [0.2, 0.25) is 0 Å². The molecule has 35 heavy (non-hydrogen) atoms. The molecule has 1 aliphatic heterocycles. The Labute approximate surface area is 198 Å². The topological polar surface area (TPSA) is 61.1 Å². The van der Waals surface area contributed by atoms with Gasteiger partial charge in [-0.15, -0.1) is 0 Å². The Bertz CT molecular complexity index is 1380. The minimum absolute atomic E-state index is 0.224. The van der Waals surface area contributed by atoms with Crippen LogP contribution in [0.25, 0.3) is 27.6 Å². The lowest BCUT2D eigenvalue weighted by atomic mass is 9.86. The van der Waals surface area contributed by atoms with Gasteiger partial charge in [0.25, 0.3) is 5.91 Å². The van der Waals surface area contributed by atoms with Crippen molar-refractivity contribution in [2.75, 3.05) is 19.9 Å². The summed E-state index contributed by atoms with van der Waals surface area (Å²) in [5.74, 6) is -0.304. The summed E-state index contributed by atoms with van der Waals surface area (Å²) in [7, 11) is 1.76. The molecule has 1 amide bonds. The maximum absolute atomic E-state index is 13.2. The number of amides is 1. The van der Waals surface area contributed by atoms with E-state index in [0.717, 1.165) is 22.9 Å². The van der Waals surface area contributed by atoms with Crippen molar-refractivity contribution >= 4 is 27.8 Å². The van der Waals surface area contributed by atoms with Gasteiger partial charge in [-0.05, 0) is 61.7 Å². The quantitative estimate of drug-likeness (QED) is 0.394. The highest BCUT2D eigenvalue weighted by Crippen LogP contribution is 2.34. The van der Waals surface area contributed by atoms with E-state index >= 15 is 0 Å². The minimum atomic E-state index is -4.43. The molecule has 1 N–H and O–H groups in total. The summed E-state index contributed by atoms with van der Waals surface area (Å²) in [6.07, 6.45) is -1.31. The van der Waals surface area contributed by atoms with Crippen molar-refractivity contribution in [3.8, 4) is 5.69 Å². The Hall–Kier alpha value is -3.40. The highest BCUT2D eigenvalue weighted by atomic mass is 19.4. The normalized spacial score (nSPS) is 16.1. The maximum Gasteiger partial charge on any atom is 0.416 e. The fraction of sp³-hybridized carbons (Fsp3) is 0.360. The molecule has 1 saturated heterocycles. The molecule has 3 heterocycles. The summed E-state index contributed by atoms with van der Waals surface area (Å²) in [4.78, 5) is 13.2. The van der Waals surface area contributed by atoms with E-state index in [1.807, 2.05) is 6.20 Å². The average molecular weight is 488 g/mol. The Morgan fingerprint density at radius 3 is 2.49 bits per heavy atom. The van der Waals surface area contributed by atoms with Crippen LogP contribution >= 0.6 is 0 Å². The van der Waals surface area contributed by atoms with Crippen molar-refractivity contribution in [3.05, 3.63) is 59.8 Å². The SMILES string of the molecule is Cn1cc2c3cc(C(=O)NC4(CCF)CCOCC4)ccc3n(-c3ccc(C(F)(F)F)cc3)c2n1. The number of nitrogens with one attached hydrogen (secondary N) is 1. The van der Waals surface area contributed by atoms with Gasteiger partial charge >= 0.3 is 6.18 Å². The molecule has 5 rings (SSSR count). The third-order valence-electron chi connectivity index (χ3n) is 6.67. The molecule has 2 aromatic heterocycles. The lowest BCUT2D eigenvalue weighted by Crippen LogP contribution is -2.52. The molecular formula is C25H24F4N4O2. The fourth-order valence-electron chi connectivity index (χ4n) is 4.79. The second-order valence-corrected chi connectivity index (χ2v) is 8.94. The Morgan fingerprint density at radius 1 is 1.11 bits per heavy atom. The molecule has 0 spiro atoms. The summed E-state index contributed by atoms with van der Waals surface area (Å²) >= 11 is 0. The second kappa shape index (κ2) is 8.67. The van der Waals surface area contributed by atoms with Gasteiger partial charge in [-0.25, -0.2) is 0 Å². The van der Waals surface area contributed by atoms with Gasteiger partial charge in [-0.2, -0.15) is 18.3 Å². The molecule has 0 saturated carbocycles. The molecule has 0 unspecified atom stereocenters. The molecule has 0 bridgehead atoms. The molecule has 1 aliphatic rings. The Balaban J connectivity index is 1.56. The van der Waals surface area contributed by atoms with E-state index in [1.165, 1.54) is 12.1 Å². The van der Waals surface area contributed by atoms with Crippen molar-refractivity contribution in [1.29, 1.82) is 0 Å². The first kappa shape index (κ1) is 23.3. The van der Waals surface area contributed by atoms with E-state index in [1.54, 1.807) is 34.5 Å². The monoisotopic (exact) mass is 488 g/mol. The van der Waals surface area contributed by atoms with Crippen molar-refractivity contribution in [2.45, 2.75) is 31.0 Å². The maximum atomic E-state index is 13.2. The van der Waals surface area contributed by atoms with E-state index in [0.29, 0.717) is 48.5 Å². The number of alkyl halides is 4. The molecule has 4 aromatic rings. The van der Waals surface area contributed by atoms with Crippen LogP contribution in [0.1, 0.15) is 35.2 Å². The zero-order valence-electron chi connectivity index (χ0n) is 19.0. The number of aryl methyl sites for hydroxylation is 1. The Kier molecular flexibility index (Phi) is 5.79. The summed E-state index contributed by atoms with van der Waals surface area (Å²) in [5, 5.41) is 9.04. The molecule has 1 fully saturated rings. The number of ether oxygens (including phenoxy) is 1. The van der Waals surface area contributed by atoms with Gasteiger partial charge < -0.3 is 10.1 Å². The first-order valence-electron chi connectivity index (χ1n) is 11.3. The number of rotatable bonds is 5. The van der Waals surface area contributed by atoms with Crippen LogP contribution in [-0.4, -0.2) is 45.7 Å². The molecule has 0 radical (unpaired) electrons. The number of benzene rings is 2. The van der Waals surface area contributed by atoms with Crippen LogP contribution in [-0.2, 0) is 18.0 Å². The lowest BCUT2D eigenvalue weighted by molar-refractivity contribution is -0.137. The van der Waals surface area contributed by atoms with Crippen LogP contribution < -0.4 is 5.32 Å². The number of carbonyl (C=O) groups excluding carboxylic acids is 1. The predicted molar refractivity (Wildman–Crippen MR) is 123 cm³/mol. The van der Waals surface area contributed by atoms with Gasteiger partial charge in [0.1, 0.15) is 0 Å². The largest absolute Gasteiger partial charge is 0.416 e. The first-order valence-corrected chi connectivity index (χ1v) is 11.3.